The Labute approximate surface area is 143 Å². The Morgan fingerprint density at radius 3 is 2.46 bits per heavy atom. The van der Waals surface area contributed by atoms with Gasteiger partial charge in [0.25, 0.3) is 5.91 Å². The number of amides is 1. The zero-order valence-electron chi connectivity index (χ0n) is 14.3. The van der Waals surface area contributed by atoms with Crippen LogP contribution in [0, 0.1) is 5.41 Å². The topological polar surface area (TPSA) is 58.6 Å². The lowest BCUT2D eigenvalue weighted by Crippen LogP contribution is -2.39. The molecule has 4 nitrogen and oxygen atoms in total. The second kappa shape index (κ2) is 8.50. The average molecular weight is 327 g/mol. The Morgan fingerprint density at radius 1 is 1.12 bits per heavy atom. The van der Waals surface area contributed by atoms with Crippen LogP contribution in [0.15, 0.2) is 54.6 Å². The van der Waals surface area contributed by atoms with E-state index in [1.807, 2.05) is 56.3 Å². The summed E-state index contributed by atoms with van der Waals surface area (Å²) in [5.41, 5.74) is 1.23. The quantitative estimate of drug-likeness (QED) is 0.783. The summed E-state index contributed by atoms with van der Waals surface area (Å²) in [5, 5.41) is 12.7. The highest BCUT2D eigenvalue weighted by atomic mass is 16.5. The first kappa shape index (κ1) is 18.0. The molecule has 0 spiro atoms. The van der Waals surface area contributed by atoms with Crippen LogP contribution in [-0.4, -0.2) is 30.8 Å². The number of nitrogens with one attached hydrogen (secondary N) is 1. The standard InChI is InChI=1S/C20H25NO3/c1-3-24-18-12-8-7-11-17(18)19(23)21-14-20(2,15-22)13-16-9-5-4-6-10-16/h4-12,22H,3,13-15H2,1-2H3,(H,21,23)/t20-/m0/s1. The predicted molar refractivity (Wildman–Crippen MR) is 95.3 cm³/mol. The van der Waals surface area contributed by atoms with Crippen LogP contribution in [0.5, 0.6) is 5.75 Å². The summed E-state index contributed by atoms with van der Waals surface area (Å²) in [6.07, 6.45) is 0.692. The first-order valence-electron chi connectivity index (χ1n) is 8.23. The predicted octanol–water partition coefficient (Wildman–Crippen LogP) is 3.06. The summed E-state index contributed by atoms with van der Waals surface area (Å²) in [7, 11) is 0. The van der Waals surface area contributed by atoms with Crippen molar-refractivity contribution in [2.24, 2.45) is 5.41 Å². The fraction of sp³-hybridized carbons (Fsp3) is 0.350. The highest BCUT2D eigenvalue weighted by Crippen LogP contribution is 2.22. The van der Waals surface area contributed by atoms with Gasteiger partial charge in [-0.05, 0) is 31.0 Å². The Bertz CT molecular complexity index is 657. The van der Waals surface area contributed by atoms with E-state index in [4.69, 9.17) is 4.74 Å². The smallest absolute Gasteiger partial charge is 0.255 e. The van der Waals surface area contributed by atoms with Crippen LogP contribution in [0.1, 0.15) is 29.8 Å². The highest BCUT2D eigenvalue weighted by molar-refractivity contribution is 5.96. The fourth-order valence-corrected chi connectivity index (χ4v) is 2.59. The summed E-state index contributed by atoms with van der Waals surface area (Å²) in [6.45, 7) is 4.74. The Kier molecular flexibility index (Phi) is 6.38. The van der Waals surface area contributed by atoms with Crippen molar-refractivity contribution < 1.29 is 14.6 Å². The van der Waals surface area contributed by atoms with Crippen molar-refractivity contribution in [1.82, 2.24) is 5.32 Å². The van der Waals surface area contributed by atoms with Crippen LogP contribution < -0.4 is 10.1 Å². The molecule has 2 aromatic carbocycles. The van der Waals surface area contributed by atoms with Gasteiger partial charge < -0.3 is 15.2 Å². The molecule has 4 heteroatoms. The molecule has 0 unspecified atom stereocenters. The minimum absolute atomic E-state index is 0.00468. The number of aliphatic hydroxyl groups excluding tert-OH is 1. The molecule has 0 fully saturated rings. The molecule has 0 saturated carbocycles. The minimum Gasteiger partial charge on any atom is -0.493 e. The number of para-hydroxylation sites is 1. The molecule has 0 bridgehead atoms. The lowest BCUT2D eigenvalue weighted by atomic mass is 9.84. The Hall–Kier alpha value is -2.33. The molecular weight excluding hydrogens is 302 g/mol. The molecule has 1 atom stereocenters. The number of aliphatic hydroxyl groups is 1. The van der Waals surface area contributed by atoms with E-state index in [9.17, 15) is 9.90 Å². The largest absolute Gasteiger partial charge is 0.493 e. The van der Waals surface area contributed by atoms with E-state index in [2.05, 4.69) is 5.32 Å². The summed E-state index contributed by atoms with van der Waals surface area (Å²) < 4.78 is 5.50. The van der Waals surface area contributed by atoms with Crippen molar-refractivity contribution in [3.63, 3.8) is 0 Å². The number of hydrogen-bond acceptors (Lipinski definition) is 3. The van der Waals surface area contributed by atoms with E-state index in [0.29, 0.717) is 30.9 Å². The van der Waals surface area contributed by atoms with E-state index in [-0.39, 0.29) is 12.5 Å². The summed E-state index contributed by atoms with van der Waals surface area (Å²) in [4.78, 5) is 12.5. The maximum atomic E-state index is 12.5. The van der Waals surface area contributed by atoms with E-state index in [1.165, 1.54) is 0 Å². The number of ether oxygens (including phenoxy) is 1. The van der Waals surface area contributed by atoms with E-state index in [0.717, 1.165) is 5.56 Å². The van der Waals surface area contributed by atoms with Gasteiger partial charge in [-0.15, -0.1) is 0 Å². The molecule has 2 aromatic rings. The third kappa shape index (κ3) is 4.83. The van der Waals surface area contributed by atoms with Crippen LogP contribution in [0.3, 0.4) is 0 Å². The first-order valence-corrected chi connectivity index (χ1v) is 8.23. The van der Waals surface area contributed by atoms with Gasteiger partial charge in [-0.1, -0.05) is 49.4 Å². The molecule has 2 rings (SSSR count). The second-order valence-corrected chi connectivity index (χ2v) is 6.24. The van der Waals surface area contributed by atoms with Gasteiger partial charge in [0.1, 0.15) is 5.75 Å². The van der Waals surface area contributed by atoms with Gasteiger partial charge in [-0.3, -0.25) is 4.79 Å². The lowest BCUT2D eigenvalue weighted by molar-refractivity contribution is 0.0891. The molecule has 0 aromatic heterocycles. The normalized spacial score (nSPS) is 13.1. The number of carbonyl (C=O) groups excluding carboxylic acids is 1. The molecule has 0 radical (unpaired) electrons. The Balaban J connectivity index is 2.03. The third-order valence-corrected chi connectivity index (χ3v) is 3.96. The average Bonchev–Trinajstić information content (AvgIpc) is 2.61. The van der Waals surface area contributed by atoms with Crippen LogP contribution >= 0.6 is 0 Å². The van der Waals surface area contributed by atoms with Crippen LogP contribution in [0.2, 0.25) is 0 Å². The first-order chi connectivity index (χ1) is 11.6. The second-order valence-electron chi connectivity index (χ2n) is 6.24. The molecule has 0 heterocycles. The van der Waals surface area contributed by atoms with Crippen LogP contribution in [0.4, 0.5) is 0 Å². The van der Waals surface area contributed by atoms with Gasteiger partial charge in [0.15, 0.2) is 0 Å². The van der Waals surface area contributed by atoms with Gasteiger partial charge in [-0.25, -0.2) is 0 Å². The molecule has 128 valence electrons. The van der Waals surface area contributed by atoms with Gasteiger partial charge in [0.2, 0.25) is 0 Å². The fourth-order valence-electron chi connectivity index (χ4n) is 2.59. The number of rotatable bonds is 8. The minimum atomic E-state index is -0.419. The molecule has 24 heavy (non-hydrogen) atoms. The van der Waals surface area contributed by atoms with Crippen molar-refractivity contribution in [2.45, 2.75) is 20.3 Å². The molecule has 2 N–H and O–H groups in total. The van der Waals surface area contributed by atoms with Gasteiger partial charge in [0, 0.05) is 12.0 Å². The van der Waals surface area contributed by atoms with E-state index >= 15 is 0 Å². The molecular formula is C20H25NO3. The zero-order chi connectivity index (χ0) is 17.4. The highest BCUT2D eigenvalue weighted by Gasteiger charge is 2.25. The molecule has 1 amide bonds. The SMILES string of the molecule is CCOc1ccccc1C(=O)NC[C@@](C)(CO)Cc1ccccc1. The van der Waals surface area contributed by atoms with Gasteiger partial charge in [-0.2, -0.15) is 0 Å². The molecule has 0 aliphatic rings. The maximum Gasteiger partial charge on any atom is 0.255 e. The van der Waals surface area contributed by atoms with Crippen LogP contribution in [-0.2, 0) is 6.42 Å². The zero-order valence-corrected chi connectivity index (χ0v) is 14.3. The Morgan fingerprint density at radius 2 is 1.79 bits per heavy atom. The van der Waals surface area contributed by atoms with Crippen molar-refractivity contribution in [3.8, 4) is 5.75 Å². The lowest BCUT2D eigenvalue weighted by Gasteiger charge is -2.28. The van der Waals surface area contributed by atoms with Gasteiger partial charge in [0.05, 0.1) is 18.8 Å². The summed E-state index contributed by atoms with van der Waals surface area (Å²) >= 11 is 0. The van der Waals surface area contributed by atoms with Crippen molar-refractivity contribution in [2.75, 3.05) is 19.8 Å². The van der Waals surface area contributed by atoms with Crippen molar-refractivity contribution >= 4 is 5.91 Å². The van der Waals surface area contributed by atoms with Gasteiger partial charge >= 0.3 is 0 Å². The van der Waals surface area contributed by atoms with E-state index in [1.54, 1.807) is 12.1 Å². The maximum absolute atomic E-state index is 12.5. The molecule has 0 saturated heterocycles. The third-order valence-electron chi connectivity index (χ3n) is 3.96. The van der Waals surface area contributed by atoms with Crippen molar-refractivity contribution in [3.05, 3.63) is 65.7 Å². The van der Waals surface area contributed by atoms with Crippen LogP contribution in [0.25, 0.3) is 0 Å². The number of hydrogen-bond donors (Lipinski definition) is 2. The summed E-state index contributed by atoms with van der Waals surface area (Å²) in [5.74, 6) is 0.387. The summed E-state index contributed by atoms with van der Waals surface area (Å²) in [6, 6.07) is 17.2. The molecule has 0 aliphatic carbocycles. The number of carbonyl (C=O) groups is 1. The van der Waals surface area contributed by atoms with E-state index < -0.39 is 5.41 Å². The molecule has 0 aliphatic heterocycles. The van der Waals surface area contributed by atoms with Crippen molar-refractivity contribution in [1.29, 1.82) is 0 Å². The monoisotopic (exact) mass is 327 g/mol. The number of benzene rings is 2.